The Morgan fingerprint density at radius 2 is 1.42 bits per heavy atom. The number of rotatable bonds is 1. The molecule has 0 aliphatic carbocycles. The molecule has 0 spiro atoms. The normalized spacial score (nSPS) is 14.7. The molecule has 0 atom stereocenters. The van der Waals surface area contributed by atoms with Crippen molar-refractivity contribution in [1.29, 1.82) is 0 Å². The first kappa shape index (κ1) is 11.1. The molecular formula is C6H4F6. The van der Waals surface area contributed by atoms with Crippen molar-refractivity contribution in [2.75, 3.05) is 0 Å². The van der Waals surface area contributed by atoms with Crippen LogP contribution in [0, 0.1) is 0 Å². The molecule has 0 heterocycles. The molecule has 0 aromatic carbocycles. The van der Waals surface area contributed by atoms with E-state index in [4.69, 9.17) is 0 Å². The van der Waals surface area contributed by atoms with Crippen molar-refractivity contribution in [1.82, 2.24) is 0 Å². The molecule has 0 aliphatic rings. The second kappa shape index (κ2) is 3.20. The van der Waals surface area contributed by atoms with Gasteiger partial charge in [0.15, 0.2) is 0 Å². The second-order valence-corrected chi connectivity index (χ2v) is 1.84. The predicted octanol–water partition coefficient (Wildman–Crippen LogP) is 3.22. The van der Waals surface area contributed by atoms with E-state index < -0.39 is 24.0 Å². The van der Waals surface area contributed by atoms with Crippen molar-refractivity contribution < 1.29 is 26.3 Å². The second-order valence-electron chi connectivity index (χ2n) is 1.84. The maximum absolute atomic E-state index is 11.6. The van der Waals surface area contributed by atoms with E-state index in [1.165, 1.54) is 0 Å². The van der Waals surface area contributed by atoms with Crippen molar-refractivity contribution in [3.8, 4) is 0 Å². The molecule has 0 aliphatic heterocycles. The van der Waals surface area contributed by atoms with Crippen LogP contribution in [-0.2, 0) is 0 Å². The van der Waals surface area contributed by atoms with Gasteiger partial charge in [-0.15, -0.1) is 0 Å². The van der Waals surface area contributed by atoms with Crippen LogP contribution in [-0.4, -0.2) is 12.4 Å². The molecule has 0 unspecified atom stereocenters. The van der Waals surface area contributed by atoms with E-state index in [2.05, 4.69) is 6.58 Å². The summed E-state index contributed by atoms with van der Waals surface area (Å²) in [6.07, 6.45) is -10.7. The molecule has 0 rings (SSSR count). The van der Waals surface area contributed by atoms with Crippen LogP contribution in [0.25, 0.3) is 0 Å². The quantitative estimate of drug-likeness (QED) is 0.439. The molecule has 0 N–H and O–H groups in total. The van der Waals surface area contributed by atoms with Crippen LogP contribution in [0.5, 0.6) is 0 Å². The summed E-state index contributed by atoms with van der Waals surface area (Å²) in [7, 11) is 0. The minimum absolute atomic E-state index is 0.119. The fourth-order valence-electron chi connectivity index (χ4n) is 0.433. The third-order valence-electron chi connectivity index (χ3n) is 0.866. The molecule has 12 heavy (non-hydrogen) atoms. The fraction of sp³-hybridized carbons (Fsp3) is 0.333. The van der Waals surface area contributed by atoms with Crippen molar-refractivity contribution in [2.45, 2.75) is 12.4 Å². The van der Waals surface area contributed by atoms with Gasteiger partial charge >= 0.3 is 12.4 Å². The van der Waals surface area contributed by atoms with Crippen LogP contribution >= 0.6 is 0 Å². The van der Waals surface area contributed by atoms with Gasteiger partial charge < -0.3 is 0 Å². The Labute approximate surface area is 64.2 Å². The van der Waals surface area contributed by atoms with Gasteiger partial charge in [0.05, 0.1) is 5.57 Å². The van der Waals surface area contributed by atoms with E-state index in [0.29, 0.717) is 0 Å². The molecule has 0 saturated heterocycles. The molecule has 0 aromatic rings. The molecular weight excluding hydrogens is 186 g/mol. The minimum Gasteiger partial charge on any atom is -0.167 e. The summed E-state index contributed by atoms with van der Waals surface area (Å²) < 4.78 is 69.0. The van der Waals surface area contributed by atoms with E-state index in [0.717, 1.165) is 0 Å². The molecule has 0 aromatic heterocycles. The van der Waals surface area contributed by atoms with Gasteiger partial charge in [0.1, 0.15) is 0 Å². The monoisotopic (exact) mass is 190 g/mol. The van der Waals surface area contributed by atoms with Crippen molar-refractivity contribution in [2.24, 2.45) is 0 Å². The number of halogens is 6. The Bertz CT molecular complexity index is 193. The number of alkyl halides is 6. The zero-order valence-electron chi connectivity index (χ0n) is 5.63. The average Bonchev–Trinajstić information content (AvgIpc) is 1.78. The van der Waals surface area contributed by atoms with Crippen LogP contribution in [0.4, 0.5) is 26.3 Å². The SMILES string of the molecule is C=C/C(=C/C(F)(F)F)C(F)(F)F. The van der Waals surface area contributed by atoms with Crippen molar-refractivity contribution in [3.05, 3.63) is 24.3 Å². The molecule has 0 amide bonds. The number of allylic oxidation sites excluding steroid dienone is 3. The Balaban J connectivity index is 4.81. The van der Waals surface area contributed by atoms with Gasteiger partial charge in [-0.3, -0.25) is 0 Å². The average molecular weight is 190 g/mol. The zero-order chi connectivity index (χ0) is 9.99. The summed E-state index contributed by atoms with van der Waals surface area (Å²) in [5.74, 6) is 0. The van der Waals surface area contributed by atoms with Crippen LogP contribution in [0.15, 0.2) is 24.3 Å². The highest BCUT2D eigenvalue weighted by atomic mass is 19.4. The highest BCUT2D eigenvalue weighted by Crippen LogP contribution is 2.30. The molecule has 0 bridgehead atoms. The molecule has 6 heteroatoms. The Kier molecular flexibility index (Phi) is 2.95. The van der Waals surface area contributed by atoms with Crippen LogP contribution in [0.3, 0.4) is 0 Å². The third-order valence-corrected chi connectivity index (χ3v) is 0.866. The van der Waals surface area contributed by atoms with Gasteiger partial charge in [-0.25, -0.2) is 0 Å². The zero-order valence-corrected chi connectivity index (χ0v) is 5.63. The van der Waals surface area contributed by atoms with Gasteiger partial charge in [-0.1, -0.05) is 12.7 Å². The Hall–Kier alpha value is -0.940. The first-order chi connectivity index (χ1) is 5.17. The number of hydrogen-bond acceptors (Lipinski definition) is 0. The molecule has 0 radical (unpaired) electrons. The minimum atomic E-state index is -5.00. The molecule has 0 nitrogen and oxygen atoms in total. The van der Waals surface area contributed by atoms with E-state index in [9.17, 15) is 26.3 Å². The van der Waals surface area contributed by atoms with Crippen LogP contribution in [0.1, 0.15) is 0 Å². The highest BCUT2D eigenvalue weighted by molar-refractivity contribution is 5.23. The summed E-state index contributed by atoms with van der Waals surface area (Å²) in [4.78, 5) is 0. The lowest BCUT2D eigenvalue weighted by Crippen LogP contribution is -2.14. The van der Waals surface area contributed by atoms with E-state index in [1.54, 1.807) is 0 Å². The van der Waals surface area contributed by atoms with Crippen molar-refractivity contribution in [3.63, 3.8) is 0 Å². The van der Waals surface area contributed by atoms with E-state index in [-0.39, 0.29) is 6.08 Å². The van der Waals surface area contributed by atoms with Gasteiger partial charge in [0.2, 0.25) is 0 Å². The van der Waals surface area contributed by atoms with Gasteiger partial charge in [0.25, 0.3) is 0 Å². The summed E-state index contributed by atoms with van der Waals surface area (Å²) in [5.41, 5.74) is -1.80. The molecule has 70 valence electrons. The lowest BCUT2D eigenvalue weighted by molar-refractivity contribution is -0.104. The first-order valence-corrected chi connectivity index (χ1v) is 2.66. The summed E-state index contributed by atoms with van der Waals surface area (Å²) >= 11 is 0. The maximum atomic E-state index is 11.6. The smallest absolute Gasteiger partial charge is 0.167 e. The van der Waals surface area contributed by atoms with E-state index in [1.807, 2.05) is 0 Å². The summed E-state index contributed by atoms with van der Waals surface area (Å²) in [6.45, 7) is 2.62. The summed E-state index contributed by atoms with van der Waals surface area (Å²) in [6, 6.07) is 0. The molecule has 0 fully saturated rings. The van der Waals surface area contributed by atoms with E-state index >= 15 is 0 Å². The third kappa shape index (κ3) is 4.05. The fourth-order valence-corrected chi connectivity index (χ4v) is 0.433. The summed E-state index contributed by atoms with van der Waals surface area (Å²) in [5, 5.41) is 0. The molecule has 0 saturated carbocycles. The number of hydrogen-bond donors (Lipinski definition) is 0. The van der Waals surface area contributed by atoms with Crippen LogP contribution in [0.2, 0.25) is 0 Å². The van der Waals surface area contributed by atoms with Gasteiger partial charge in [-0.2, -0.15) is 26.3 Å². The van der Waals surface area contributed by atoms with Crippen LogP contribution < -0.4 is 0 Å². The Morgan fingerprint density at radius 1 is 1.00 bits per heavy atom. The topological polar surface area (TPSA) is 0 Å². The van der Waals surface area contributed by atoms with Crippen molar-refractivity contribution >= 4 is 0 Å². The highest BCUT2D eigenvalue weighted by Gasteiger charge is 2.36. The lowest BCUT2D eigenvalue weighted by Gasteiger charge is -2.08. The largest absolute Gasteiger partial charge is 0.416 e. The van der Waals surface area contributed by atoms with Gasteiger partial charge in [-0.05, 0) is 0 Å². The first-order valence-electron chi connectivity index (χ1n) is 2.66. The van der Waals surface area contributed by atoms with Gasteiger partial charge in [0, 0.05) is 6.08 Å². The Morgan fingerprint density at radius 3 is 1.50 bits per heavy atom. The predicted molar refractivity (Wildman–Crippen MR) is 30.4 cm³/mol. The lowest BCUT2D eigenvalue weighted by atomic mass is 10.2. The maximum Gasteiger partial charge on any atom is 0.416 e. The standard InChI is InChI=1S/C6H4F6/c1-2-4(6(10,11)12)3-5(7,8)9/h2-3H,1H2/b4-3-.